The molecule has 0 amide bonds. The molecule has 1 aliphatic heterocycles. The summed E-state index contributed by atoms with van der Waals surface area (Å²) < 4.78 is 1.09. The van der Waals surface area contributed by atoms with Crippen LogP contribution in [0.2, 0.25) is 0 Å². The largest absolute Gasteiger partial charge is 0.348 e. The average molecular weight is 338 g/mol. The van der Waals surface area contributed by atoms with Crippen molar-refractivity contribution in [1.82, 2.24) is 4.98 Å². The molecule has 0 bridgehead atoms. The summed E-state index contributed by atoms with van der Waals surface area (Å²) in [6.45, 7) is 2.04. The second-order valence-electron chi connectivity index (χ2n) is 4.85. The number of benzene rings is 1. The van der Waals surface area contributed by atoms with Gasteiger partial charge in [0.1, 0.15) is 0 Å². The third-order valence-corrected chi connectivity index (χ3v) is 4.87. The number of aromatic nitrogens is 1. The van der Waals surface area contributed by atoms with Crippen LogP contribution >= 0.6 is 27.3 Å². The molecule has 0 aliphatic carbocycles. The topological polar surface area (TPSA) is 42.1 Å². The van der Waals surface area contributed by atoms with Crippen LogP contribution in [-0.4, -0.2) is 24.1 Å². The molecule has 1 aromatic carbocycles. The third kappa shape index (κ3) is 2.99. The van der Waals surface area contributed by atoms with Gasteiger partial charge in [-0.2, -0.15) is 0 Å². The Morgan fingerprint density at radius 3 is 2.58 bits per heavy atom. The zero-order valence-corrected chi connectivity index (χ0v) is 13.0. The van der Waals surface area contributed by atoms with Crippen molar-refractivity contribution in [1.29, 1.82) is 0 Å². The summed E-state index contributed by atoms with van der Waals surface area (Å²) in [5.74, 6) is 0. The number of hydrogen-bond donors (Lipinski definition) is 1. The standard InChI is InChI=1S/C14H16BrN3S/c15-11-3-1-10(2-4-11)13-9-19-14(17-13)18-7-5-12(16)6-8-18/h1-4,9,12H,5-8,16H2. The minimum absolute atomic E-state index is 0.363. The molecule has 3 nitrogen and oxygen atoms in total. The lowest BCUT2D eigenvalue weighted by Gasteiger charge is -2.29. The Bertz CT molecular complexity index is 544. The zero-order chi connectivity index (χ0) is 13.2. The lowest BCUT2D eigenvalue weighted by Crippen LogP contribution is -2.39. The molecular formula is C14H16BrN3S. The molecule has 1 aromatic heterocycles. The summed E-state index contributed by atoms with van der Waals surface area (Å²) in [7, 11) is 0. The van der Waals surface area contributed by atoms with E-state index in [1.807, 2.05) is 12.1 Å². The number of hydrogen-bond acceptors (Lipinski definition) is 4. The van der Waals surface area contributed by atoms with Crippen molar-refractivity contribution >= 4 is 32.4 Å². The van der Waals surface area contributed by atoms with Crippen molar-refractivity contribution in [2.75, 3.05) is 18.0 Å². The Hall–Kier alpha value is -0.910. The number of thiazole rings is 1. The molecule has 0 radical (unpaired) electrons. The van der Waals surface area contributed by atoms with E-state index in [1.54, 1.807) is 11.3 Å². The van der Waals surface area contributed by atoms with Gasteiger partial charge in [0.05, 0.1) is 5.69 Å². The third-order valence-electron chi connectivity index (χ3n) is 3.44. The van der Waals surface area contributed by atoms with Crippen LogP contribution in [0.4, 0.5) is 5.13 Å². The summed E-state index contributed by atoms with van der Waals surface area (Å²) >= 11 is 5.17. The number of rotatable bonds is 2. The Labute approximate surface area is 125 Å². The lowest BCUT2D eigenvalue weighted by atomic mass is 10.1. The molecule has 5 heteroatoms. The Morgan fingerprint density at radius 2 is 1.89 bits per heavy atom. The second-order valence-corrected chi connectivity index (χ2v) is 6.60. The first-order chi connectivity index (χ1) is 9.22. The van der Waals surface area contributed by atoms with Gasteiger partial charge in [0.25, 0.3) is 0 Å². The van der Waals surface area contributed by atoms with Gasteiger partial charge in [-0.15, -0.1) is 11.3 Å². The predicted molar refractivity (Wildman–Crippen MR) is 84.7 cm³/mol. The highest BCUT2D eigenvalue weighted by Gasteiger charge is 2.18. The van der Waals surface area contributed by atoms with Crippen LogP contribution < -0.4 is 10.6 Å². The van der Waals surface area contributed by atoms with Crippen molar-refractivity contribution in [3.8, 4) is 11.3 Å². The van der Waals surface area contributed by atoms with Crippen molar-refractivity contribution in [3.05, 3.63) is 34.1 Å². The van der Waals surface area contributed by atoms with E-state index >= 15 is 0 Å². The maximum atomic E-state index is 5.94. The molecule has 0 unspecified atom stereocenters. The van der Waals surface area contributed by atoms with E-state index in [1.165, 1.54) is 5.56 Å². The fourth-order valence-electron chi connectivity index (χ4n) is 2.25. The number of piperidine rings is 1. The van der Waals surface area contributed by atoms with Gasteiger partial charge in [-0.1, -0.05) is 28.1 Å². The van der Waals surface area contributed by atoms with Crippen molar-refractivity contribution in [3.63, 3.8) is 0 Å². The molecule has 0 saturated carbocycles. The van der Waals surface area contributed by atoms with Gasteiger partial charge >= 0.3 is 0 Å². The van der Waals surface area contributed by atoms with E-state index in [4.69, 9.17) is 10.7 Å². The molecule has 1 aliphatic rings. The number of halogens is 1. The van der Waals surface area contributed by atoms with E-state index in [0.717, 1.165) is 41.2 Å². The van der Waals surface area contributed by atoms with Crippen molar-refractivity contribution in [2.24, 2.45) is 5.73 Å². The highest BCUT2D eigenvalue weighted by molar-refractivity contribution is 9.10. The van der Waals surface area contributed by atoms with Gasteiger partial charge in [0.15, 0.2) is 5.13 Å². The molecular weight excluding hydrogens is 322 g/mol. The summed E-state index contributed by atoms with van der Waals surface area (Å²) in [5, 5.41) is 3.25. The minimum Gasteiger partial charge on any atom is -0.348 e. The van der Waals surface area contributed by atoms with E-state index in [0.29, 0.717) is 6.04 Å². The average Bonchev–Trinajstić information content (AvgIpc) is 2.90. The monoisotopic (exact) mass is 337 g/mol. The molecule has 1 saturated heterocycles. The summed E-state index contributed by atoms with van der Waals surface area (Å²) in [6, 6.07) is 8.65. The Balaban J connectivity index is 1.77. The summed E-state index contributed by atoms with van der Waals surface area (Å²) in [5.41, 5.74) is 8.16. The van der Waals surface area contributed by atoms with Crippen LogP contribution in [-0.2, 0) is 0 Å². The Kier molecular flexibility index (Phi) is 3.86. The molecule has 100 valence electrons. The minimum atomic E-state index is 0.363. The fraction of sp³-hybridized carbons (Fsp3) is 0.357. The molecule has 3 rings (SSSR count). The molecule has 2 N–H and O–H groups in total. The van der Waals surface area contributed by atoms with Gasteiger partial charge < -0.3 is 10.6 Å². The quantitative estimate of drug-likeness (QED) is 0.911. The van der Waals surface area contributed by atoms with Gasteiger partial charge in [-0.3, -0.25) is 0 Å². The number of nitrogens with two attached hydrogens (primary N) is 1. The molecule has 1 fully saturated rings. The van der Waals surface area contributed by atoms with Gasteiger partial charge in [-0.05, 0) is 25.0 Å². The van der Waals surface area contributed by atoms with E-state index < -0.39 is 0 Å². The van der Waals surface area contributed by atoms with E-state index in [-0.39, 0.29) is 0 Å². The van der Waals surface area contributed by atoms with Gasteiger partial charge in [-0.25, -0.2) is 4.98 Å². The Morgan fingerprint density at radius 1 is 1.21 bits per heavy atom. The van der Waals surface area contributed by atoms with E-state index in [2.05, 4.69) is 38.3 Å². The van der Waals surface area contributed by atoms with Crippen LogP contribution in [0.3, 0.4) is 0 Å². The SMILES string of the molecule is NC1CCN(c2nc(-c3ccc(Br)cc3)cs2)CC1. The van der Waals surface area contributed by atoms with Crippen LogP contribution in [0, 0.1) is 0 Å². The van der Waals surface area contributed by atoms with Gasteiger partial charge in [0, 0.05) is 34.5 Å². The van der Waals surface area contributed by atoms with Crippen LogP contribution in [0.1, 0.15) is 12.8 Å². The van der Waals surface area contributed by atoms with E-state index in [9.17, 15) is 0 Å². The highest BCUT2D eigenvalue weighted by atomic mass is 79.9. The van der Waals surface area contributed by atoms with Crippen LogP contribution in [0.25, 0.3) is 11.3 Å². The first-order valence-corrected chi connectivity index (χ1v) is 8.11. The normalized spacial score (nSPS) is 16.8. The first kappa shape index (κ1) is 13.1. The maximum Gasteiger partial charge on any atom is 0.185 e. The smallest absolute Gasteiger partial charge is 0.185 e. The maximum absolute atomic E-state index is 5.94. The van der Waals surface area contributed by atoms with Gasteiger partial charge in [0.2, 0.25) is 0 Å². The zero-order valence-electron chi connectivity index (χ0n) is 10.6. The molecule has 2 aromatic rings. The molecule has 0 spiro atoms. The van der Waals surface area contributed by atoms with Crippen molar-refractivity contribution < 1.29 is 0 Å². The molecule has 0 atom stereocenters. The number of nitrogens with zero attached hydrogens (tertiary/aromatic N) is 2. The second kappa shape index (κ2) is 5.61. The predicted octanol–water partition coefficient (Wildman–Crippen LogP) is 3.50. The van der Waals surface area contributed by atoms with Crippen LogP contribution in [0.15, 0.2) is 34.1 Å². The van der Waals surface area contributed by atoms with Crippen LogP contribution in [0.5, 0.6) is 0 Å². The molecule has 19 heavy (non-hydrogen) atoms. The van der Waals surface area contributed by atoms with Crippen molar-refractivity contribution in [2.45, 2.75) is 18.9 Å². The fourth-order valence-corrected chi connectivity index (χ4v) is 3.41. The molecule has 2 heterocycles. The first-order valence-electron chi connectivity index (χ1n) is 6.44. The summed E-state index contributed by atoms with van der Waals surface area (Å²) in [6.07, 6.45) is 2.13. The number of anilines is 1. The highest BCUT2D eigenvalue weighted by Crippen LogP contribution is 2.29. The lowest BCUT2D eigenvalue weighted by molar-refractivity contribution is 0.501. The summed E-state index contributed by atoms with van der Waals surface area (Å²) in [4.78, 5) is 7.09.